The Bertz CT molecular complexity index is 1290. The predicted octanol–water partition coefficient (Wildman–Crippen LogP) is 3.54. The number of benzene rings is 2. The summed E-state index contributed by atoms with van der Waals surface area (Å²) in [5, 5.41) is 6.69. The summed E-state index contributed by atoms with van der Waals surface area (Å²) in [5.74, 6) is -0.523. The number of carbonyl (C=O) groups excluding carboxylic acids is 1. The van der Waals surface area contributed by atoms with Crippen LogP contribution in [0.4, 0.5) is 0 Å². The lowest BCUT2D eigenvalue weighted by molar-refractivity contribution is 0.0991. The molecule has 4 rings (SSSR count). The Morgan fingerprint density at radius 1 is 1.03 bits per heavy atom. The van der Waals surface area contributed by atoms with E-state index in [0.29, 0.717) is 22.1 Å². The molecule has 8 heteroatoms. The zero-order valence-electron chi connectivity index (χ0n) is 15.1. The van der Waals surface area contributed by atoms with E-state index in [0.717, 1.165) is 5.56 Å². The molecule has 4 aromatic rings. The lowest BCUT2D eigenvalue weighted by Crippen LogP contribution is -2.23. The molecule has 0 aliphatic carbocycles. The van der Waals surface area contributed by atoms with Crippen LogP contribution >= 0.6 is 22.9 Å². The normalized spacial score (nSPS) is 11.6. The molecule has 0 atom stereocenters. The van der Waals surface area contributed by atoms with Crippen molar-refractivity contribution < 1.29 is 4.79 Å². The van der Waals surface area contributed by atoms with Crippen molar-refractivity contribution in [2.75, 3.05) is 0 Å². The summed E-state index contributed by atoms with van der Waals surface area (Å²) in [4.78, 5) is 29.6. The monoisotopic (exact) mass is 422 g/mol. The molecule has 2 heterocycles. The van der Waals surface area contributed by atoms with Crippen molar-refractivity contribution in [2.45, 2.75) is 6.54 Å². The lowest BCUT2D eigenvalue weighted by Gasteiger charge is -2.06. The predicted molar refractivity (Wildman–Crippen MR) is 113 cm³/mol. The number of halogens is 1. The van der Waals surface area contributed by atoms with Crippen LogP contribution in [0, 0.1) is 0 Å². The highest BCUT2D eigenvalue weighted by Crippen LogP contribution is 2.15. The van der Waals surface area contributed by atoms with Crippen LogP contribution in [-0.2, 0) is 6.54 Å². The average molecular weight is 423 g/mol. The third-order valence-electron chi connectivity index (χ3n) is 4.18. The van der Waals surface area contributed by atoms with Crippen LogP contribution in [-0.4, -0.2) is 20.3 Å². The molecule has 0 N–H and O–H groups in total. The van der Waals surface area contributed by atoms with Crippen molar-refractivity contribution in [1.82, 2.24) is 14.3 Å². The number of rotatable bonds is 4. The minimum absolute atomic E-state index is 0.0890. The first kappa shape index (κ1) is 19.0. The number of hydrogen-bond donors (Lipinski definition) is 0. The summed E-state index contributed by atoms with van der Waals surface area (Å²) in [6.07, 6.45) is 1.85. The molecule has 0 saturated heterocycles. The van der Waals surface area contributed by atoms with E-state index in [1.807, 2.05) is 46.5 Å². The topological polar surface area (TPSA) is 69.2 Å². The van der Waals surface area contributed by atoms with E-state index in [2.05, 4.69) is 10.1 Å². The van der Waals surface area contributed by atoms with Gasteiger partial charge in [0.15, 0.2) is 10.5 Å². The molecule has 29 heavy (non-hydrogen) atoms. The van der Waals surface area contributed by atoms with Gasteiger partial charge in [0.25, 0.3) is 11.5 Å². The van der Waals surface area contributed by atoms with Crippen molar-refractivity contribution in [2.24, 2.45) is 4.99 Å². The molecule has 2 aromatic heterocycles. The van der Waals surface area contributed by atoms with E-state index < -0.39 is 5.91 Å². The van der Waals surface area contributed by atoms with E-state index in [1.54, 1.807) is 24.3 Å². The number of hydrogen-bond acceptors (Lipinski definition) is 4. The molecule has 144 valence electrons. The smallest absolute Gasteiger partial charge is 0.300 e. The van der Waals surface area contributed by atoms with Crippen LogP contribution < -0.4 is 10.4 Å². The number of para-hydroxylation sites is 1. The van der Waals surface area contributed by atoms with Crippen molar-refractivity contribution in [1.29, 1.82) is 0 Å². The number of thiazole rings is 1. The first-order valence-electron chi connectivity index (χ1n) is 8.74. The largest absolute Gasteiger partial charge is 0.319 e. The third-order valence-corrected chi connectivity index (χ3v) is 5.34. The fourth-order valence-electron chi connectivity index (χ4n) is 2.74. The summed E-state index contributed by atoms with van der Waals surface area (Å²) in [7, 11) is 0. The van der Waals surface area contributed by atoms with E-state index in [-0.39, 0.29) is 11.3 Å². The van der Waals surface area contributed by atoms with Gasteiger partial charge in [-0.25, -0.2) is 0 Å². The minimum Gasteiger partial charge on any atom is -0.319 e. The molecule has 1 amide bonds. The molecule has 6 nitrogen and oxygen atoms in total. The summed E-state index contributed by atoms with van der Waals surface area (Å²) in [6.45, 7) is 0.492. The van der Waals surface area contributed by atoms with Gasteiger partial charge in [-0.1, -0.05) is 48.0 Å². The number of amides is 1. The van der Waals surface area contributed by atoms with Crippen LogP contribution in [0.15, 0.2) is 88.1 Å². The number of aromatic nitrogens is 3. The van der Waals surface area contributed by atoms with Crippen LogP contribution in [0.5, 0.6) is 0 Å². The third kappa shape index (κ3) is 4.26. The molecular formula is C21H15ClN4O2S. The van der Waals surface area contributed by atoms with Gasteiger partial charge in [-0.05, 0) is 29.8 Å². The van der Waals surface area contributed by atoms with Gasteiger partial charge in [0, 0.05) is 22.7 Å². The summed E-state index contributed by atoms with van der Waals surface area (Å²) in [6, 6.07) is 19.2. The van der Waals surface area contributed by atoms with Gasteiger partial charge in [0.05, 0.1) is 12.2 Å². The Labute approximate surface area is 175 Å². The fourth-order valence-corrected chi connectivity index (χ4v) is 3.66. The van der Waals surface area contributed by atoms with Gasteiger partial charge in [-0.3, -0.25) is 9.59 Å². The van der Waals surface area contributed by atoms with Gasteiger partial charge in [-0.15, -0.1) is 11.3 Å². The van der Waals surface area contributed by atoms with E-state index in [1.165, 1.54) is 28.2 Å². The summed E-state index contributed by atoms with van der Waals surface area (Å²) >= 11 is 7.57. The van der Waals surface area contributed by atoms with E-state index >= 15 is 0 Å². The first-order valence-corrected chi connectivity index (χ1v) is 10.00. The second-order valence-electron chi connectivity index (χ2n) is 6.13. The van der Waals surface area contributed by atoms with Gasteiger partial charge in [0.1, 0.15) is 0 Å². The highest BCUT2D eigenvalue weighted by Gasteiger charge is 2.11. The standard InChI is InChI=1S/C21H15ClN4O2S/c22-17-9-5-4-6-15(17)14-25-12-13-29-21(25)23-20(28)18-10-11-19(27)26(24-18)16-7-2-1-3-8-16/h1-13H,14H2. The van der Waals surface area contributed by atoms with Crippen molar-refractivity contribution >= 4 is 28.8 Å². The Kier molecular flexibility index (Phi) is 5.50. The Balaban J connectivity index is 1.67. The maximum Gasteiger partial charge on any atom is 0.300 e. The SMILES string of the molecule is O=C(N=c1sccn1Cc1ccccc1Cl)c1ccc(=O)n(-c2ccccc2)n1. The molecule has 0 saturated carbocycles. The maximum atomic E-state index is 12.7. The van der Waals surface area contributed by atoms with Gasteiger partial charge in [-0.2, -0.15) is 14.8 Å². The zero-order valence-corrected chi connectivity index (χ0v) is 16.7. The molecule has 0 unspecified atom stereocenters. The van der Waals surface area contributed by atoms with Crippen LogP contribution in [0.3, 0.4) is 0 Å². The molecule has 0 radical (unpaired) electrons. The summed E-state index contributed by atoms with van der Waals surface area (Å²) < 4.78 is 3.03. The van der Waals surface area contributed by atoms with Gasteiger partial charge < -0.3 is 4.57 Å². The van der Waals surface area contributed by atoms with Gasteiger partial charge in [0.2, 0.25) is 0 Å². The molecule has 0 fully saturated rings. The molecular weight excluding hydrogens is 408 g/mol. The van der Waals surface area contributed by atoms with E-state index in [9.17, 15) is 9.59 Å². The minimum atomic E-state index is -0.523. The van der Waals surface area contributed by atoms with Crippen LogP contribution in [0.1, 0.15) is 16.1 Å². The fraction of sp³-hybridized carbons (Fsp3) is 0.0476. The molecule has 0 aliphatic heterocycles. The zero-order chi connectivity index (χ0) is 20.2. The van der Waals surface area contributed by atoms with Crippen LogP contribution in [0.2, 0.25) is 5.02 Å². The highest BCUT2D eigenvalue weighted by atomic mass is 35.5. The highest BCUT2D eigenvalue weighted by molar-refractivity contribution is 7.07. The number of nitrogens with zero attached hydrogens (tertiary/aromatic N) is 4. The second-order valence-corrected chi connectivity index (χ2v) is 7.41. The quantitative estimate of drug-likeness (QED) is 0.505. The average Bonchev–Trinajstić information content (AvgIpc) is 3.17. The van der Waals surface area contributed by atoms with Gasteiger partial charge >= 0.3 is 0 Å². The Hall–Kier alpha value is -3.29. The van der Waals surface area contributed by atoms with Crippen molar-refractivity contribution in [3.63, 3.8) is 0 Å². The molecule has 0 bridgehead atoms. The lowest BCUT2D eigenvalue weighted by atomic mass is 10.2. The summed E-state index contributed by atoms with van der Waals surface area (Å²) in [5.41, 5.74) is 1.28. The van der Waals surface area contributed by atoms with E-state index in [4.69, 9.17) is 11.6 Å². The van der Waals surface area contributed by atoms with Crippen molar-refractivity contribution in [3.8, 4) is 5.69 Å². The molecule has 0 spiro atoms. The second kappa shape index (κ2) is 8.38. The Morgan fingerprint density at radius 2 is 1.79 bits per heavy atom. The molecule has 2 aromatic carbocycles. The Morgan fingerprint density at radius 3 is 2.59 bits per heavy atom. The first-order chi connectivity index (χ1) is 14.1. The molecule has 0 aliphatic rings. The van der Waals surface area contributed by atoms with Crippen LogP contribution in [0.25, 0.3) is 5.69 Å². The maximum absolute atomic E-state index is 12.7. The number of carbonyl (C=O) groups is 1. The van der Waals surface area contributed by atoms with Crippen molar-refractivity contribution in [3.05, 3.63) is 110 Å².